The van der Waals surface area contributed by atoms with Crippen LogP contribution in [0.3, 0.4) is 0 Å². The average molecular weight is 389 g/mol. The molecule has 1 aliphatic heterocycles. The Hall–Kier alpha value is -4.20. The van der Waals surface area contributed by atoms with Gasteiger partial charge in [-0.1, -0.05) is 12.1 Å². The standard InChI is InChI=1S/C21H15N3O5/c1-23-17-4-2-3-5-19(17)29-18-11-8-14(12-16(18)21(23)26)22-20(25)13-6-9-15(10-7-13)24(27)28/h2-12H,1H3,(H,22,25). The SMILES string of the molecule is CN1C(=O)c2cc(NC(=O)c3ccc([N+](=O)[O-])cc3)ccc2Oc2ccccc21. The average Bonchev–Trinajstić information content (AvgIpc) is 2.83. The molecule has 0 unspecified atom stereocenters. The molecular formula is C21H15N3O5. The van der Waals surface area contributed by atoms with E-state index in [0.29, 0.717) is 28.4 Å². The Balaban J connectivity index is 1.61. The fourth-order valence-electron chi connectivity index (χ4n) is 3.03. The molecule has 0 saturated heterocycles. The third kappa shape index (κ3) is 3.39. The van der Waals surface area contributed by atoms with Gasteiger partial charge >= 0.3 is 0 Å². The lowest BCUT2D eigenvalue weighted by Crippen LogP contribution is -2.25. The van der Waals surface area contributed by atoms with E-state index in [4.69, 9.17) is 4.74 Å². The lowest BCUT2D eigenvalue weighted by atomic mass is 10.1. The molecule has 1 aliphatic rings. The van der Waals surface area contributed by atoms with Crippen molar-refractivity contribution >= 4 is 28.9 Å². The minimum Gasteiger partial charge on any atom is -0.454 e. The summed E-state index contributed by atoms with van der Waals surface area (Å²) in [5, 5.41) is 13.4. The van der Waals surface area contributed by atoms with E-state index >= 15 is 0 Å². The number of nitrogens with one attached hydrogen (secondary N) is 1. The van der Waals surface area contributed by atoms with Crippen molar-refractivity contribution in [2.75, 3.05) is 17.3 Å². The number of rotatable bonds is 3. The fourth-order valence-corrected chi connectivity index (χ4v) is 3.03. The van der Waals surface area contributed by atoms with E-state index in [0.717, 1.165) is 0 Å². The zero-order chi connectivity index (χ0) is 20.5. The molecule has 1 heterocycles. The summed E-state index contributed by atoms with van der Waals surface area (Å²) in [5.41, 5.74) is 1.52. The number of hydrogen-bond acceptors (Lipinski definition) is 5. The van der Waals surface area contributed by atoms with Gasteiger partial charge in [-0.2, -0.15) is 0 Å². The Morgan fingerprint density at radius 1 is 1.03 bits per heavy atom. The molecule has 0 atom stereocenters. The summed E-state index contributed by atoms with van der Waals surface area (Å²) in [6.07, 6.45) is 0. The van der Waals surface area contributed by atoms with Crippen molar-refractivity contribution in [2.24, 2.45) is 0 Å². The Kier molecular flexibility index (Phi) is 4.44. The molecule has 4 rings (SSSR count). The van der Waals surface area contributed by atoms with E-state index in [9.17, 15) is 19.7 Å². The molecule has 144 valence electrons. The van der Waals surface area contributed by atoms with Crippen molar-refractivity contribution in [3.05, 3.63) is 88.0 Å². The second-order valence-corrected chi connectivity index (χ2v) is 6.40. The van der Waals surface area contributed by atoms with Gasteiger partial charge in [0.2, 0.25) is 0 Å². The summed E-state index contributed by atoms with van der Waals surface area (Å²) in [6, 6.07) is 17.3. The first-order chi connectivity index (χ1) is 13.9. The molecule has 0 spiro atoms. The molecular weight excluding hydrogens is 374 g/mol. The van der Waals surface area contributed by atoms with E-state index in [1.807, 2.05) is 12.1 Å². The van der Waals surface area contributed by atoms with Gasteiger partial charge in [0.25, 0.3) is 17.5 Å². The van der Waals surface area contributed by atoms with Crippen LogP contribution in [-0.4, -0.2) is 23.8 Å². The number of non-ortho nitro benzene ring substituents is 1. The number of para-hydroxylation sites is 2. The quantitative estimate of drug-likeness (QED) is 0.533. The van der Waals surface area contributed by atoms with Gasteiger partial charge in [0.15, 0.2) is 5.75 Å². The maximum Gasteiger partial charge on any atom is 0.269 e. The normalized spacial score (nSPS) is 12.3. The van der Waals surface area contributed by atoms with Crippen molar-refractivity contribution in [3.8, 4) is 11.5 Å². The fraction of sp³-hybridized carbons (Fsp3) is 0.0476. The number of carbonyl (C=O) groups is 2. The molecule has 3 aromatic carbocycles. The molecule has 2 amide bonds. The summed E-state index contributed by atoms with van der Waals surface area (Å²) in [5.74, 6) is 0.236. The van der Waals surface area contributed by atoms with Crippen molar-refractivity contribution in [3.63, 3.8) is 0 Å². The summed E-state index contributed by atoms with van der Waals surface area (Å²) in [4.78, 5) is 37.0. The maximum absolute atomic E-state index is 12.9. The van der Waals surface area contributed by atoms with Crippen LogP contribution in [0.1, 0.15) is 20.7 Å². The molecule has 0 bridgehead atoms. The van der Waals surface area contributed by atoms with E-state index in [-0.39, 0.29) is 17.2 Å². The molecule has 3 aromatic rings. The van der Waals surface area contributed by atoms with Crippen molar-refractivity contribution in [2.45, 2.75) is 0 Å². The second-order valence-electron chi connectivity index (χ2n) is 6.40. The molecule has 0 fully saturated rings. The molecule has 0 aromatic heterocycles. The highest BCUT2D eigenvalue weighted by atomic mass is 16.6. The van der Waals surface area contributed by atoms with Gasteiger partial charge < -0.3 is 15.0 Å². The number of nitrogens with zero attached hydrogens (tertiary/aromatic N) is 2. The molecule has 0 saturated carbocycles. The smallest absolute Gasteiger partial charge is 0.269 e. The van der Waals surface area contributed by atoms with Crippen LogP contribution in [0, 0.1) is 10.1 Å². The first-order valence-electron chi connectivity index (χ1n) is 8.69. The van der Waals surface area contributed by atoms with Gasteiger partial charge in [-0.15, -0.1) is 0 Å². The molecule has 8 nitrogen and oxygen atoms in total. The van der Waals surface area contributed by atoms with Crippen LogP contribution in [0.5, 0.6) is 11.5 Å². The van der Waals surface area contributed by atoms with Crippen LogP contribution >= 0.6 is 0 Å². The second kappa shape index (κ2) is 7.08. The van der Waals surface area contributed by atoms with Crippen LogP contribution in [0.25, 0.3) is 0 Å². The Morgan fingerprint density at radius 2 is 1.76 bits per heavy atom. The molecule has 0 aliphatic carbocycles. The summed E-state index contributed by atoms with van der Waals surface area (Å²) in [7, 11) is 1.65. The molecule has 0 radical (unpaired) electrons. The predicted octanol–water partition coefficient (Wildman–Crippen LogP) is 4.23. The number of amides is 2. The number of benzene rings is 3. The third-order valence-electron chi connectivity index (χ3n) is 4.56. The Bertz CT molecular complexity index is 1140. The lowest BCUT2D eigenvalue weighted by Gasteiger charge is -2.16. The highest BCUT2D eigenvalue weighted by Crippen LogP contribution is 2.38. The Labute approximate surface area is 165 Å². The first-order valence-corrected chi connectivity index (χ1v) is 8.69. The van der Waals surface area contributed by atoms with E-state index in [2.05, 4.69) is 5.32 Å². The summed E-state index contributed by atoms with van der Waals surface area (Å²) >= 11 is 0. The maximum atomic E-state index is 12.9. The topological polar surface area (TPSA) is 102 Å². The highest BCUT2D eigenvalue weighted by molar-refractivity contribution is 6.11. The van der Waals surface area contributed by atoms with Crippen LogP contribution in [0.2, 0.25) is 0 Å². The monoisotopic (exact) mass is 389 g/mol. The lowest BCUT2D eigenvalue weighted by molar-refractivity contribution is -0.384. The number of anilines is 2. The number of hydrogen-bond donors (Lipinski definition) is 1. The Morgan fingerprint density at radius 3 is 2.48 bits per heavy atom. The van der Waals surface area contributed by atoms with Gasteiger partial charge in [-0.3, -0.25) is 19.7 Å². The number of fused-ring (bicyclic) bond motifs is 2. The van der Waals surface area contributed by atoms with Crippen LogP contribution < -0.4 is 15.0 Å². The minimum atomic E-state index is -0.533. The summed E-state index contributed by atoms with van der Waals surface area (Å²) < 4.78 is 5.88. The van der Waals surface area contributed by atoms with Gasteiger partial charge in [0.05, 0.1) is 16.2 Å². The van der Waals surface area contributed by atoms with Crippen LogP contribution in [0.15, 0.2) is 66.7 Å². The highest BCUT2D eigenvalue weighted by Gasteiger charge is 2.26. The molecule has 29 heavy (non-hydrogen) atoms. The molecule has 1 N–H and O–H groups in total. The number of carbonyl (C=O) groups excluding carboxylic acids is 2. The number of nitro groups is 1. The van der Waals surface area contributed by atoms with Crippen molar-refractivity contribution in [1.29, 1.82) is 0 Å². The van der Waals surface area contributed by atoms with Gasteiger partial charge in [0, 0.05) is 30.4 Å². The van der Waals surface area contributed by atoms with E-state index < -0.39 is 10.8 Å². The largest absolute Gasteiger partial charge is 0.454 e. The van der Waals surface area contributed by atoms with E-state index in [1.165, 1.54) is 29.2 Å². The first kappa shape index (κ1) is 18.2. The van der Waals surface area contributed by atoms with Crippen molar-refractivity contribution in [1.82, 2.24) is 0 Å². The minimum absolute atomic E-state index is 0.100. The third-order valence-corrected chi connectivity index (χ3v) is 4.56. The van der Waals surface area contributed by atoms with Crippen LogP contribution in [0.4, 0.5) is 17.1 Å². The van der Waals surface area contributed by atoms with Crippen LogP contribution in [-0.2, 0) is 0 Å². The zero-order valence-electron chi connectivity index (χ0n) is 15.3. The summed E-state index contributed by atoms with van der Waals surface area (Å²) in [6.45, 7) is 0. The predicted molar refractivity (Wildman–Crippen MR) is 107 cm³/mol. The van der Waals surface area contributed by atoms with Gasteiger partial charge in [0.1, 0.15) is 5.75 Å². The number of ether oxygens (including phenoxy) is 1. The number of nitro benzene ring substituents is 1. The van der Waals surface area contributed by atoms with E-state index in [1.54, 1.807) is 37.4 Å². The zero-order valence-corrected chi connectivity index (χ0v) is 15.3. The van der Waals surface area contributed by atoms with Crippen molar-refractivity contribution < 1.29 is 19.2 Å². The van der Waals surface area contributed by atoms with Gasteiger partial charge in [-0.05, 0) is 42.5 Å². The van der Waals surface area contributed by atoms with Gasteiger partial charge in [-0.25, -0.2) is 0 Å². The molecule has 8 heteroatoms.